The van der Waals surface area contributed by atoms with Crippen LogP contribution in [0.1, 0.15) is 229 Å². The molecule has 0 bridgehead atoms. The zero-order valence-electron chi connectivity index (χ0n) is 66.1. The van der Waals surface area contributed by atoms with Gasteiger partial charge in [0.1, 0.15) is 29.6 Å². The Labute approximate surface area is 640 Å². The molecular formula is C85H101N25. The first kappa shape index (κ1) is 80.0. The van der Waals surface area contributed by atoms with Gasteiger partial charge in [-0.05, 0) is 154 Å². The van der Waals surface area contributed by atoms with E-state index in [1.807, 2.05) is 79.6 Å². The molecule has 2 aromatic carbocycles. The maximum atomic E-state index is 4.45. The van der Waals surface area contributed by atoms with E-state index in [0.717, 1.165) is 106 Å². The lowest BCUT2D eigenvalue weighted by Gasteiger charge is -2.04. The van der Waals surface area contributed by atoms with Crippen LogP contribution in [0.15, 0.2) is 190 Å². The Bertz CT molecular complexity index is 5210. The standard InChI is InChI=1S/2C10H11N3.3C10H12N2.3C9H11N3.C8H10N4/c1-7(2)8-3-9-4-11-6-13-10(9)12-5-8;1-7(2)8-3-4-9-10(13-8)5-11-6-12-9;1-7(2)8-3-4-10-9(5-8)6-11-12-10;1-7(2)8-3-4-9-6-11-12-10(9)5-8;1-7(2)9-6-12-10-8(9)4-3-5-11-10;1-6(2)7-3-8-5-11-12-9(8)10-4-7;1-6(2)8-4-3-7-5-10-12-9(7)11-8;1-6(2)8-7-4-3-5-10-9(7)12-11-8;1-5(2)7-9-3-6-4-10-12-8(6)11-7/h2*3-7H,1-2H3;3*3-7H,1-2H3,(H,11,12);3*3-6H,1-2H3,(H,10,11,12);3-5H,1-2H3,(H,9,10,11,12). The van der Waals surface area contributed by atoms with Crippen LogP contribution in [0.5, 0.6) is 0 Å². The van der Waals surface area contributed by atoms with Crippen molar-refractivity contribution in [2.45, 2.75) is 178 Å². The molecule has 25 nitrogen and oxygen atoms in total. The first-order chi connectivity index (χ1) is 53.0. The molecule has 0 aliphatic rings. The van der Waals surface area contributed by atoms with Gasteiger partial charge in [-0.15, -0.1) is 0 Å². The highest BCUT2D eigenvalue weighted by Gasteiger charge is 2.12. The lowest BCUT2D eigenvalue weighted by molar-refractivity contribution is 0.780. The molecule has 16 heterocycles. The largest absolute Gasteiger partial charge is 0.346 e. The number of aromatic amines is 7. The molecule has 0 radical (unpaired) electrons. The monoisotopic (exact) mass is 1470 g/mol. The van der Waals surface area contributed by atoms with Crippen molar-refractivity contribution in [1.29, 1.82) is 0 Å². The van der Waals surface area contributed by atoms with Gasteiger partial charge in [-0.2, -0.15) is 30.6 Å². The van der Waals surface area contributed by atoms with Crippen molar-refractivity contribution in [3.8, 4) is 0 Å². The molecule has 566 valence electrons. The molecule has 0 aliphatic carbocycles. The molecule has 0 saturated heterocycles. The lowest BCUT2D eigenvalue weighted by atomic mass is 10.0. The maximum absolute atomic E-state index is 4.45. The minimum atomic E-state index is 0.359. The van der Waals surface area contributed by atoms with E-state index in [1.165, 1.54) is 50.3 Å². The van der Waals surface area contributed by atoms with Crippen LogP contribution in [0.2, 0.25) is 0 Å². The summed E-state index contributed by atoms with van der Waals surface area (Å²) in [5.41, 5.74) is 19.0. The number of hydrogen-bond acceptors (Lipinski definition) is 18. The number of fused-ring (bicyclic) bond motifs is 9. The number of hydrogen-bond donors (Lipinski definition) is 7. The van der Waals surface area contributed by atoms with Gasteiger partial charge in [0, 0.05) is 104 Å². The molecule has 25 heteroatoms. The van der Waals surface area contributed by atoms with Crippen LogP contribution in [-0.2, 0) is 0 Å². The molecule has 0 fully saturated rings. The Morgan fingerprint density at radius 2 is 0.864 bits per heavy atom. The summed E-state index contributed by atoms with van der Waals surface area (Å²) in [5, 5.41) is 50.0. The van der Waals surface area contributed by atoms with Crippen molar-refractivity contribution in [2.75, 3.05) is 0 Å². The number of pyridine rings is 6. The molecule has 0 saturated carbocycles. The van der Waals surface area contributed by atoms with Crippen LogP contribution in [0, 0.1) is 0 Å². The average Bonchev–Trinajstić information content (AvgIpc) is 1.80. The van der Waals surface area contributed by atoms with Gasteiger partial charge in [-0.25, -0.2) is 59.8 Å². The van der Waals surface area contributed by atoms with Crippen LogP contribution >= 0.6 is 0 Å². The summed E-state index contributed by atoms with van der Waals surface area (Å²) in [6.07, 6.45) is 26.8. The Morgan fingerprint density at radius 3 is 1.56 bits per heavy atom. The molecule has 0 unspecified atom stereocenters. The normalized spacial score (nSPS) is 11.2. The van der Waals surface area contributed by atoms with Gasteiger partial charge in [0.05, 0.1) is 59.1 Å². The minimum Gasteiger partial charge on any atom is -0.346 e. The average molecular weight is 1470 g/mol. The SMILES string of the molecule is CC(C)c1[nH]nc2ncccc12.CC(C)c1c[nH]c2ncccc12.CC(C)c1ccc2[nH]ncc2c1.CC(C)c1ccc2cn[nH]c2c1.CC(C)c1ccc2cn[nH]c2n1.CC(C)c1ccc2ncncc2n1.CC(C)c1cnc2[nH]ncc2c1.CC(C)c1cnc2ncncc2c1.CC(C)c1ncc2cn[nH]c2n1. The summed E-state index contributed by atoms with van der Waals surface area (Å²) in [6.45, 7) is 38.7. The fourth-order valence-corrected chi connectivity index (χ4v) is 11.2. The molecular weight excluding hydrogens is 1370 g/mol. The van der Waals surface area contributed by atoms with E-state index in [4.69, 9.17) is 0 Å². The zero-order valence-corrected chi connectivity index (χ0v) is 66.1. The Kier molecular flexibility index (Phi) is 27.9. The number of nitrogens with one attached hydrogen (secondary N) is 7. The van der Waals surface area contributed by atoms with Crippen molar-refractivity contribution in [3.63, 3.8) is 0 Å². The fourth-order valence-electron chi connectivity index (χ4n) is 11.2. The number of H-pyrrole nitrogens is 7. The van der Waals surface area contributed by atoms with E-state index < -0.39 is 0 Å². The van der Waals surface area contributed by atoms with E-state index in [1.54, 1.807) is 49.7 Å². The van der Waals surface area contributed by atoms with Crippen LogP contribution < -0.4 is 0 Å². The molecule has 18 aromatic rings. The Hall–Kier alpha value is -12.5. The highest BCUT2D eigenvalue weighted by molar-refractivity contribution is 5.82. The first-order valence-electron chi connectivity index (χ1n) is 37.4. The smallest absolute Gasteiger partial charge is 0.181 e. The van der Waals surface area contributed by atoms with E-state index in [2.05, 4.69) is 305 Å². The zero-order chi connectivity index (χ0) is 78.4. The second-order valence-electron chi connectivity index (χ2n) is 29.4. The molecule has 110 heavy (non-hydrogen) atoms. The number of nitrogens with zero attached hydrogens (tertiary/aromatic N) is 18. The number of benzene rings is 2. The third kappa shape index (κ3) is 21.6. The van der Waals surface area contributed by atoms with Gasteiger partial charge in [-0.1, -0.05) is 143 Å². The lowest BCUT2D eigenvalue weighted by Crippen LogP contribution is -1.96. The number of rotatable bonds is 9. The fraction of sp³-hybridized carbons (Fsp3) is 0.318. The van der Waals surface area contributed by atoms with Gasteiger partial charge >= 0.3 is 0 Å². The second-order valence-corrected chi connectivity index (χ2v) is 29.4. The first-order valence-corrected chi connectivity index (χ1v) is 37.4. The van der Waals surface area contributed by atoms with Gasteiger partial charge < -0.3 is 4.98 Å². The van der Waals surface area contributed by atoms with E-state index in [9.17, 15) is 0 Å². The number of aromatic nitrogens is 25. The molecule has 0 amide bonds. The van der Waals surface area contributed by atoms with Crippen molar-refractivity contribution >= 4 is 99.0 Å². The summed E-state index contributed by atoms with van der Waals surface area (Å²) in [7, 11) is 0. The van der Waals surface area contributed by atoms with Gasteiger partial charge in [0.25, 0.3) is 0 Å². The quantitative estimate of drug-likeness (QED) is 0.0706. The van der Waals surface area contributed by atoms with E-state index in [-0.39, 0.29) is 0 Å². The summed E-state index contributed by atoms with van der Waals surface area (Å²) < 4.78 is 0. The predicted octanol–water partition coefficient (Wildman–Crippen LogP) is 20.1. The molecule has 0 atom stereocenters. The van der Waals surface area contributed by atoms with Gasteiger partial charge in [0.2, 0.25) is 0 Å². The van der Waals surface area contributed by atoms with Gasteiger partial charge in [-0.3, -0.25) is 30.6 Å². The minimum absolute atomic E-state index is 0.359. The van der Waals surface area contributed by atoms with Crippen molar-refractivity contribution in [2.24, 2.45) is 0 Å². The van der Waals surface area contributed by atoms with E-state index in [0.29, 0.717) is 53.3 Å². The molecule has 18 rings (SSSR count). The van der Waals surface area contributed by atoms with E-state index >= 15 is 0 Å². The highest BCUT2D eigenvalue weighted by atomic mass is 15.2. The van der Waals surface area contributed by atoms with Crippen molar-refractivity contribution in [1.82, 2.24) is 126 Å². The Morgan fingerprint density at radius 1 is 0.300 bits per heavy atom. The maximum Gasteiger partial charge on any atom is 0.181 e. The van der Waals surface area contributed by atoms with Crippen LogP contribution in [0.3, 0.4) is 0 Å². The van der Waals surface area contributed by atoms with Crippen LogP contribution in [0.25, 0.3) is 99.0 Å². The van der Waals surface area contributed by atoms with Crippen molar-refractivity contribution in [3.05, 3.63) is 241 Å². The molecule has 0 spiro atoms. The molecule has 7 N–H and O–H groups in total. The highest BCUT2D eigenvalue weighted by Crippen LogP contribution is 2.26. The Balaban J connectivity index is 0.000000132. The van der Waals surface area contributed by atoms with Crippen LogP contribution in [0.4, 0.5) is 0 Å². The third-order valence-electron chi connectivity index (χ3n) is 17.9. The topological polar surface area (TPSA) is 343 Å². The summed E-state index contributed by atoms with van der Waals surface area (Å²) in [4.78, 5) is 53.5. The third-order valence-corrected chi connectivity index (χ3v) is 17.9. The second kappa shape index (κ2) is 38.3. The molecule has 16 aromatic heterocycles. The van der Waals surface area contributed by atoms with Crippen molar-refractivity contribution < 1.29 is 0 Å². The predicted molar refractivity (Wildman–Crippen MR) is 443 cm³/mol. The van der Waals surface area contributed by atoms with Gasteiger partial charge in [0.15, 0.2) is 28.2 Å². The summed E-state index contributed by atoms with van der Waals surface area (Å²) in [6, 6.07) is 33.2. The van der Waals surface area contributed by atoms with Crippen LogP contribution in [-0.4, -0.2) is 126 Å². The summed E-state index contributed by atoms with van der Waals surface area (Å²) in [5.74, 6) is 5.35. The summed E-state index contributed by atoms with van der Waals surface area (Å²) >= 11 is 0. The molecule has 0 aliphatic heterocycles.